The first-order valence-corrected chi connectivity index (χ1v) is 8.36. The second-order valence-electron chi connectivity index (χ2n) is 6.05. The first kappa shape index (κ1) is 16.6. The van der Waals surface area contributed by atoms with Crippen molar-refractivity contribution in [3.63, 3.8) is 0 Å². The molecular weight excluding hydrogens is 274 g/mol. The number of guanidine groups is 1. The van der Waals surface area contributed by atoms with Gasteiger partial charge in [-0.15, -0.1) is 0 Å². The number of rotatable bonds is 5. The molecule has 122 valence electrons. The molecule has 5 nitrogen and oxygen atoms in total. The van der Waals surface area contributed by atoms with Crippen LogP contribution in [0, 0.1) is 0 Å². The fourth-order valence-corrected chi connectivity index (χ4v) is 2.88. The minimum atomic E-state index is 0.564. The molecule has 1 saturated carbocycles. The molecule has 0 spiro atoms. The van der Waals surface area contributed by atoms with Crippen LogP contribution >= 0.6 is 0 Å². The van der Waals surface area contributed by atoms with Crippen molar-refractivity contribution in [1.82, 2.24) is 15.6 Å². The third-order valence-corrected chi connectivity index (χ3v) is 3.99. The van der Waals surface area contributed by atoms with E-state index in [1.165, 1.54) is 32.1 Å². The maximum atomic E-state index is 4.75. The van der Waals surface area contributed by atoms with E-state index in [-0.39, 0.29) is 0 Å². The largest absolute Gasteiger partial charge is 0.362 e. The van der Waals surface area contributed by atoms with E-state index in [1.807, 2.05) is 31.3 Å². The van der Waals surface area contributed by atoms with Crippen molar-refractivity contribution in [1.29, 1.82) is 0 Å². The maximum Gasteiger partial charge on any atom is 0.191 e. The van der Waals surface area contributed by atoms with Crippen LogP contribution in [-0.2, 0) is 6.54 Å². The molecule has 2 N–H and O–H groups in total. The van der Waals surface area contributed by atoms with Crippen LogP contribution in [-0.4, -0.2) is 37.6 Å². The normalized spacial score (nSPS) is 16.4. The van der Waals surface area contributed by atoms with Crippen molar-refractivity contribution in [3.8, 4) is 0 Å². The molecule has 1 heterocycles. The van der Waals surface area contributed by atoms with E-state index in [0.29, 0.717) is 12.6 Å². The summed E-state index contributed by atoms with van der Waals surface area (Å²) in [7, 11) is 4.03. The Morgan fingerprint density at radius 2 is 2.09 bits per heavy atom. The Morgan fingerprint density at radius 1 is 1.32 bits per heavy atom. The maximum absolute atomic E-state index is 4.75. The van der Waals surface area contributed by atoms with Gasteiger partial charge < -0.3 is 15.5 Å². The third kappa shape index (κ3) is 4.90. The molecule has 1 fully saturated rings. The zero-order chi connectivity index (χ0) is 15.8. The average Bonchev–Trinajstić information content (AvgIpc) is 2.54. The smallest absolute Gasteiger partial charge is 0.191 e. The minimum Gasteiger partial charge on any atom is -0.362 e. The molecule has 0 unspecified atom stereocenters. The molecule has 0 aromatic carbocycles. The molecule has 1 aliphatic rings. The Hall–Kier alpha value is -1.78. The summed E-state index contributed by atoms with van der Waals surface area (Å²) in [6.07, 6.45) is 8.34. The lowest BCUT2D eigenvalue weighted by molar-refractivity contribution is 0.410. The van der Waals surface area contributed by atoms with Crippen molar-refractivity contribution >= 4 is 11.8 Å². The van der Waals surface area contributed by atoms with E-state index in [9.17, 15) is 0 Å². The van der Waals surface area contributed by atoms with Gasteiger partial charge in [0.05, 0.1) is 6.54 Å². The molecule has 22 heavy (non-hydrogen) atoms. The third-order valence-electron chi connectivity index (χ3n) is 3.99. The number of aliphatic imine (C=N–C) groups is 1. The predicted molar refractivity (Wildman–Crippen MR) is 93.4 cm³/mol. The summed E-state index contributed by atoms with van der Waals surface area (Å²) in [5, 5.41) is 6.93. The molecule has 0 saturated heterocycles. The number of hydrogen-bond donors (Lipinski definition) is 2. The SMILES string of the molecule is CCNC(=NCc1cccnc1N(C)C)NC1CCCCC1. The van der Waals surface area contributed by atoms with Gasteiger partial charge in [0.15, 0.2) is 5.96 Å². The summed E-state index contributed by atoms with van der Waals surface area (Å²) in [6, 6.07) is 4.63. The van der Waals surface area contributed by atoms with Crippen molar-refractivity contribution in [2.24, 2.45) is 4.99 Å². The lowest BCUT2D eigenvalue weighted by Gasteiger charge is -2.25. The zero-order valence-corrected chi connectivity index (χ0v) is 14.1. The number of nitrogens with one attached hydrogen (secondary N) is 2. The van der Waals surface area contributed by atoms with Gasteiger partial charge in [0.2, 0.25) is 0 Å². The number of nitrogens with zero attached hydrogens (tertiary/aromatic N) is 3. The Kier molecular flexibility index (Phi) is 6.49. The molecule has 0 bridgehead atoms. The first-order chi connectivity index (χ1) is 10.7. The molecule has 0 atom stereocenters. The molecular formula is C17H29N5. The van der Waals surface area contributed by atoms with E-state index in [2.05, 4.69) is 28.6 Å². The van der Waals surface area contributed by atoms with Crippen LogP contribution < -0.4 is 15.5 Å². The molecule has 1 aromatic heterocycles. The molecule has 2 rings (SSSR count). The summed E-state index contributed by atoms with van der Waals surface area (Å²) in [5.41, 5.74) is 1.15. The summed E-state index contributed by atoms with van der Waals surface area (Å²) >= 11 is 0. The summed E-state index contributed by atoms with van der Waals surface area (Å²) in [6.45, 7) is 3.63. The van der Waals surface area contributed by atoms with Gasteiger partial charge in [-0.2, -0.15) is 0 Å². The van der Waals surface area contributed by atoms with Crippen LogP contribution in [0.4, 0.5) is 5.82 Å². The number of anilines is 1. The van der Waals surface area contributed by atoms with Crippen LogP contribution in [0.25, 0.3) is 0 Å². The van der Waals surface area contributed by atoms with Gasteiger partial charge in [-0.1, -0.05) is 25.3 Å². The zero-order valence-electron chi connectivity index (χ0n) is 14.1. The monoisotopic (exact) mass is 303 g/mol. The van der Waals surface area contributed by atoms with Crippen LogP contribution in [0.3, 0.4) is 0 Å². The fraction of sp³-hybridized carbons (Fsp3) is 0.647. The topological polar surface area (TPSA) is 52.6 Å². The standard InChI is InChI=1S/C17H29N5/c1-4-18-17(21-15-10-6-5-7-11-15)20-13-14-9-8-12-19-16(14)22(2)3/h8-9,12,15H,4-7,10-11,13H2,1-3H3,(H2,18,20,21). The second kappa shape index (κ2) is 8.61. The van der Waals surface area contributed by atoms with E-state index in [0.717, 1.165) is 23.9 Å². The summed E-state index contributed by atoms with van der Waals surface area (Å²) in [5.74, 6) is 1.91. The highest BCUT2D eigenvalue weighted by atomic mass is 15.2. The van der Waals surface area contributed by atoms with E-state index >= 15 is 0 Å². The Morgan fingerprint density at radius 3 is 2.77 bits per heavy atom. The first-order valence-electron chi connectivity index (χ1n) is 8.36. The highest BCUT2D eigenvalue weighted by Crippen LogP contribution is 2.18. The molecule has 0 amide bonds. The van der Waals surface area contributed by atoms with E-state index in [4.69, 9.17) is 4.99 Å². The second-order valence-corrected chi connectivity index (χ2v) is 6.05. The minimum absolute atomic E-state index is 0.564. The Bertz CT molecular complexity index is 478. The van der Waals surface area contributed by atoms with E-state index < -0.39 is 0 Å². The Labute approximate surface area is 134 Å². The number of pyridine rings is 1. The van der Waals surface area contributed by atoms with Gasteiger partial charge in [-0.25, -0.2) is 9.98 Å². The van der Waals surface area contributed by atoms with Gasteiger partial charge in [-0.05, 0) is 25.8 Å². The molecule has 1 aromatic rings. The van der Waals surface area contributed by atoms with Gasteiger partial charge in [-0.3, -0.25) is 0 Å². The Balaban J connectivity index is 2.03. The number of aromatic nitrogens is 1. The van der Waals surface area contributed by atoms with Crippen LogP contribution in [0.1, 0.15) is 44.6 Å². The average molecular weight is 303 g/mol. The van der Waals surface area contributed by atoms with Crippen molar-refractivity contribution < 1.29 is 0 Å². The van der Waals surface area contributed by atoms with Crippen molar-refractivity contribution in [2.45, 2.75) is 51.6 Å². The fourth-order valence-electron chi connectivity index (χ4n) is 2.88. The molecule has 0 radical (unpaired) electrons. The van der Waals surface area contributed by atoms with Gasteiger partial charge in [0, 0.05) is 38.4 Å². The van der Waals surface area contributed by atoms with Gasteiger partial charge in [0.25, 0.3) is 0 Å². The molecule has 5 heteroatoms. The lowest BCUT2D eigenvalue weighted by atomic mass is 9.96. The highest BCUT2D eigenvalue weighted by molar-refractivity contribution is 5.80. The van der Waals surface area contributed by atoms with Gasteiger partial charge >= 0.3 is 0 Å². The lowest BCUT2D eigenvalue weighted by Crippen LogP contribution is -2.44. The van der Waals surface area contributed by atoms with Crippen LogP contribution in [0.5, 0.6) is 0 Å². The summed E-state index contributed by atoms with van der Waals surface area (Å²) in [4.78, 5) is 11.2. The summed E-state index contributed by atoms with van der Waals surface area (Å²) < 4.78 is 0. The molecule has 0 aliphatic heterocycles. The van der Waals surface area contributed by atoms with E-state index in [1.54, 1.807) is 0 Å². The van der Waals surface area contributed by atoms with Gasteiger partial charge in [0.1, 0.15) is 5.82 Å². The predicted octanol–water partition coefficient (Wildman–Crippen LogP) is 2.54. The number of hydrogen-bond acceptors (Lipinski definition) is 3. The van der Waals surface area contributed by atoms with Crippen molar-refractivity contribution in [3.05, 3.63) is 23.9 Å². The highest BCUT2D eigenvalue weighted by Gasteiger charge is 2.14. The quantitative estimate of drug-likeness (QED) is 0.648. The molecule has 1 aliphatic carbocycles. The van der Waals surface area contributed by atoms with Crippen LogP contribution in [0.15, 0.2) is 23.3 Å². The van der Waals surface area contributed by atoms with Crippen molar-refractivity contribution in [2.75, 3.05) is 25.5 Å². The van der Waals surface area contributed by atoms with Crippen LogP contribution in [0.2, 0.25) is 0 Å².